The van der Waals surface area contributed by atoms with Crippen molar-refractivity contribution in [3.8, 4) is 22.8 Å². The van der Waals surface area contributed by atoms with Gasteiger partial charge in [0.2, 0.25) is 0 Å². The fraction of sp³-hybridized carbons (Fsp3) is 0.304. The number of aromatic hydroxyl groups is 1. The van der Waals surface area contributed by atoms with E-state index in [1.165, 1.54) is 6.07 Å². The molecule has 2 N–H and O–H groups in total. The van der Waals surface area contributed by atoms with E-state index in [9.17, 15) is 9.90 Å². The van der Waals surface area contributed by atoms with Crippen LogP contribution in [0.2, 0.25) is 5.02 Å². The van der Waals surface area contributed by atoms with Crippen molar-refractivity contribution in [3.63, 3.8) is 0 Å². The molecule has 2 aromatic carbocycles. The maximum Gasteiger partial charge on any atom is 0.273 e. The van der Waals surface area contributed by atoms with Gasteiger partial charge in [-0.3, -0.25) is 9.89 Å². The van der Waals surface area contributed by atoms with E-state index in [2.05, 4.69) is 17.1 Å². The van der Waals surface area contributed by atoms with Crippen LogP contribution in [0, 0.1) is 0 Å². The number of carbonyl (C=O) groups is 1. The average Bonchev–Trinajstić information content (AvgIpc) is 3.28. The van der Waals surface area contributed by atoms with Gasteiger partial charge in [0.15, 0.2) is 0 Å². The van der Waals surface area contributed by atoms with Crippen LogP contribution in [0.25, 0.3) is 11.3 Å². The summed E-state index contributed by atoms with van der Waals surface area (Å²) < 4.78 is 5.57. The maximum absolute atomic E-state index is 13.2. The summed E-state index contributed by atoms with van der Waals surface area (Å²) in [5.74, 6) is 0.766. The molecule has 1 aromatic heterocycles. The Morgan fingerprint density at radius 3 is 2.67 bits per heavy atom. The number of phenolic OH excluding ortho intramolecular Hbond substituents is 1. The predicted octanol–water partition coefficient (Wildman–Crippen LogP) is 5.18. The summed E-state index contributed by atoms with van der Waals surface area (Å²) in [5.41, 5.74) is 3.22. The molecule has 0 saturated carbocycles. The van der Waals surface area contributed by atoms with E-state index in [1.54, 1.807) is 12.1 Å². The number of ether oxygens (including phenoxy) is 1. The smallest absolute Gasteiger partial charge is 0.273 e. The second-order valence-corrected chi connectivity index (χ2v) is 7.72. The Balaban J connectivity index is 1.84. The molecule has 2 heterocycles. The zero-order chi connectivity index (χ0) is 21.3. The van der Waals surface area contributed by atoms with Gasteiger partial charge in [0.25, 0.3) is 5.91 Å². The zero-order valence-electron chi connectivity index (χ0n) is 17.0. The number of aromatic nitrogens is 2. The second kappa shape index (κ2) is 8.40. The molecule has 6 nitrogen and oxygen atoms in total. The maximum atomic E-state index is 13.2. The molecule has 0 radical (unpaired) electrons. The largest absolute Gasteiger partial charge is 0.507 e. The fourth-order valence-electron chi connectivity index (χ4n) is 3.92. The molecule has 1 amide bonds. The molecule has 4 rings (SSSR count). The summed E-state index contributed by atoms with van der Waals surface area (Å²) in [6.07, 6.45) is 1.88. The number of benzene rings is 2. The van der Waals surface area contributed by atoms with Gasteiger partial charge in [-0.25, -0.2) is 0 Å². The average molecular weight is 426 g/mol. The first-order valence-corrected chi connectivity index (χ1v) is 10.5. The third kappa shape index (κ3) is 3.52. The Kier molecular flexibility index (Phi) is 5.68. The molecule has 1 unspecified atom stereocenters. The van der Waals surface area contributed by atoms with Crippen LogP contribution in [0.4, 0.5) is 0 Å². The number of H-pyrrole nitrogens is 1. The van der Waals surface area contributed by atoms with Crippen LogP contribution in [-0.2, 0) is 0 Å². The normalized spacial score (nSPS) is 15.5. The monoisotopic (exact) mass is 425 g/mol. The van der Waals surface area contributed by atoms with Gasteiger partial charge >= 0.3 is 0 Å². The third-order valence-electron chi connectivity index (χ3n) is 5.34. The minimum Gasteiger partial charge on any atom is -0.507 e. The van der Waals surface area contributed by atoms with Crippen LogP contribution in [0.3, 0.4) is 0 Å². The number of amides is 1. The molecular formula is C23H24ClN3O3. The molecular weight excluding hydrogens is 402 g/mol. The van der Waals surface area contributed by atoms with Gasteiger partial charge in [-0.2, -0.15) is 5.10 Å². The Bertz CT molecular complexity index is 1060. The van der Waals surface area contributed by atoms with Crippen molar-refractivity contribution >= 4 is 17.5 Å². The number of rotatable bonds is 7. The highest BCUT2D eigenvalue weighted by atomic mass is 35.5. The van der Waals surface area contributed by atoms with Gasteiger partial charge in [-0.15, -0.1) is 0 Å². The molecule has 0 spiro atoms. The number of hydrogen-bond donors (Lipinski definition) is 2. The molecule has 1 aliphatic heterocycles. The van der Waals surface area contributed by atoms with Crippen molar-refractivity contribution in [1.82, 2.24) is 15.1 Å². The molecule has 0 bridgehead atoms. The number of unbranched alkanes of at least 4 members (excludes halogenated alkanes) is 1. The van der Waals surface area contributed by atoms with Crippen LogP contribution in [-0.4, -0.2) is 39.3 Å². The third-order valence-corrected chi connectivity index (χ3v) is 5.57. The lowest BCUT2D eigenvalue weighted by molar-refractivity contribution is 0.0741. The highest BCUT2D eigenvalue weighted by Gasteiger charge is 2.42. The number of hydrogen-bond acceptors (Lipinski definition) is 4. The number of halogens is 1. The fourth-order valence-corrected chi connectivity index (χ4v) is 4.09. The number of phenols is 1. The lowest BCUT2D eigenvalue weighted by atomic mass is 9.95. The van der Waals surface area contributed by atoms with Gasteiger partial charge in [0.1, 0.15) is 22.9 Å². The highest BCUT2D eigenvalue weighted by molar-refractivity contribution is 6.31. The van der Waals surface area contributed by atoms with E-state index in [1.807, 2.05) is 36.1 Å². The molecule has 30 heavy (non-hydrogen) atoms. The van der Waals surface area contributed by atoms with Crippen molar-refractivity contribution in [2.45, 2.75) is 32.7 Å². The first-order chi connectivity index (χ1) is 14.5. The SMILES string of the molecule is CCCCN1C(=O)c2[nH]nc(-c3cc(Cl)ccc3O)c2C1c1ccc(OCC)cc1. The van der Waals surface area contributed by atoms with Crippen molar-refractivity contribution in [2.24, 2.45) is 0 Å². The molecule has 7 heteroatoms. The summed E-state index contributed by atoms with van der Waals surface area (Å²) in [6, 6.07) is 12.3. The van der Waals surface area contributed by atoms with Gasteiger partial charge in [-0.1, -0.05) is 37.1 Å². The van der Waals surface area contributed by atoms with Gasteiger partial charge in [0, 0.05) is 22.7 Å². The highest BCUT2D eigenvalue weighted by Crippen LogP contribution is 2.45. The molecule has 1 aliphatic rings. The predicted molar refractivity (Wildman–Crippen MR) is 116 cm³/mol. The summed E-state index contributed by atoms with van der Waals surface area (Å²) in [6.45, 7) is 5.27. The quantitative estimate of drug-likeness (QED) is 0.546. The minimum absolute atomic E-state index is 0.0681. The number of aromatic amines is 1. The van der Waals surface area contributed by atoms with E-state index in [0.29, 0.717) is 35.1 Å². The standard InChI is InChI=1S/C23H24ClN3O3/c1-3-5-12-27-22(14-6-9-16(10-7-14)30-4-2)19-20(25-26-21(19)23(27)29)17-13-15(24)8-11-18(17)28/h6-11,13,22,28H,3-5,12H2,1-2H3,(H,25,26). The van der Waals surface area contributed by atoms with E-state index < -0.39 is 0 Å². The topological polar surface area (TPSA) is 78.5 Å². The van der Waals surface area contributed by atoms with E-state index in [4.69, 9.17) is 16.3 Å². The van der Waals surface area contributed by atoms with Crippen LogP contribution in [0.5, 0.6) is 11.5 Å². The van der Waals surface area contributed by atoms with Gasteiger partial charge in [-0.05, 0) is 49.2 Å². The Morgan fingerprint density at radius 1 is 1.20 bits per heavy atom. The molecule has 0 fully saturated rings. The van der Waals surface area contributed by atoms with Crippen LogP contribution in [0.15, 0.2) is 42.5 Å². The van der Waals surface area contributed by atoms with Crippen molar-refractivity contribution < 1.29 is 14.6 Å². The summed E-state index contributed by atoms with van der Waals surface area (Å²) >= 11 is 6.17. The van der Waals surface area contributed by atoms with Crippen molar-refractivity contribution in [3.05, 3.63) is 64.3 Å². The van der Waals surface area contributed by atoms with Gasteiger partial charge in [0.05, 0.1) is 12.6 Å². The second-order valence-electron chi connectivity index (χ2n) is 7.28. The van der Waals surface area contributed by atoms with Crippen LogP contribution in [0.1, 0.15) is 54.3 Å². The van der Waals surface area contributed by atoms with E-state index >= 15 is 0 Å². The summed E-state index contributed by atoms with van der Waals surface area (Å²) in [5, 5.41) is 18.2. The lowest BCUT2D eigenvalue weighted by Gasteiger charge is -2.26. The number of nitrogens with one attached hydrogen (secondary N) is 1. The minimum atomic E-state index is -0.304. The molecule has 0 aliphatic carbocycles. The zero-order valence-corrected chi connectivity index (χ0v) is 17.7. The van der Waals surface area contributed by atoms with Gasteiger partial charge < -0.3 is 14.7 Å². The first kappa shape index (κ1) is 20.3. The first-order valence-electron chi connectivity index (χ1n) is 10.2. The van der Waals surface area contributed by atoms with E-state index in [-0.39, 0.29) is 17.7 Å². The summed E-state index contributed by atoms with van der Waals surface area (Å²) in [4.78, 5) is 15.1. The van der Waals surface area contributed by atoms with Crippen LogP contribution < -0.4 is 4.74 Å². The Labute approximate surface area is 180 Å². The van der Waals surface area contributed by atoms with Crippen LogP contribution >= 0.6 is 11.6 Å². The summed E-state index contributed by atoms with van der Waals surface area (Å²) in [7, 11) is 0. The number of carbonyl (C=O) groups excluding carboxylic acids is 1. The lowest BCUT2D eigenvalue weighted by Crippen LogP contribution is -2.30. The molecule has 1 atom stereocenters. The van der Waals surface area contributed by atoms with Crippen molar-refractivity contribution in [1.29, 1.82) is 0 Å². The Morgan fingerprint density at radius 2 is 1.97 bits per heavy atom. The van der Waals surface area contributed by atoms with Crippen molar-refractivity contribution in [2.75, 3.05) is 13.2 Å². The molecule has 3 aromatic rings. The number of fused-ring (bicyclic) bond motifs is 1. The molecule has 0 saturated heterocycles. The van der Waals surface area contributed by atoms with E-state index in [0.717, 1.165) is 29.7 Å². The Hall–Kier alpha value is -2.99. The molecule has 156 valence electrons. The number of nitrogens with zero attached hydrogens (tertiary/aromatic N) is 2.